The van der Waals surface area contributed by atoms with Crippen molar-refractivity contribution in [2.75, 3.05) is 11.9 Å². The van der Waals surface area contributed by atoms with Crippen LogP contribution in [0.25, 0.3) is 10.9 Å². The van der Waals surface area contributed by atoms with Gasteiger partial charge in [0, 0.05) is 28.9 Å². The number of anilines is 1. The number of benzene rings is 2. The van der Waals surface area contributed by atoms with Crippen LogP contribution >= 0.6 is 0 Å². The number of aryl methyl sites for hydroxylation is 2. The normalized spacial score (nSPS) is 10.6. The first-order valence-electron chi connectivity index (χ1n) is 8.55. The molecule has 0 fully saturated rings. The SMILES string of the molecule is CCNC(=O)c1cccc(NC(=O)c2cc(C)nc3ccc(C)cc23)c1. The molecule has 0 aliphatic carbocycles. The van der Waals surface area contributed by atoms with Gasteiger partial charge in [-0.25, -0.2) is 0 Å². The number of fused-ring (bicyclic) bond motifs is 1. The molecule has 1 heterocycles. The fourth-order valence-electron chi connectivity index (χ4n) is 2.86. The molecule has 0 saturated heterocycles. The number of nitrogens with one attached hydrogen (secondary N) is 2. The van der Waals surface area contributed by atoms with Crippen LogP contribution in [0.3, 0.4) is 0 Å². The van der Waals surface area contributed by atoms with Gasteiger partial charge in [0.05, 0.1) is 11.1 Å². The molecule has 132 valence electrons. The number of carbonyl (C=O) groups is 2. The van der Waals surface area contributed by atoms with Crippen molar-refractivity contribution in [3.63, 3.8) is 0 Å². The van der Waals surface area contributed by atoms with Crippen LogP contribution in [0.5, 0.6) is 0 Å². The molecule has 0 spiro atoms. The highest BCUT2D eigenvalue weighted by Crippen LogP contribution is 2.21. The molecule has 3 rings (SSSR count). The van der Waals surface area contributed by atoms with Gasteiger partial charge in [-0.2, -0.15) is 0 Å². The second-order valence-corrected chi connectivity index (χ2v) is 6.23. The first kappa shape index (κ1) is 17.6. The van der Waals surface area contributed by atoms with Gasteiger partial charge in [-0.15, -0.1) is 0 Å². The van der Waals surface area contributed by atoms with Crippen LogP contribution in [-0.2, 0) is 0 Å². The third-order valence-corrected chi connectivity index (χ3v) is 4.06. The molecule has 0 aliphatic heterocycles. The summed E-state index contributed by atoms with van der Waals surface area (Å²) in [5, 5.41) is 6.45. The topological polar surface area (TPSA) is 71.1 Å². The van der Waals surface area contributed by atoms with Crippen LogP contribution in [0.15, 0.2) is 48.5 Å². The Morgan fingerprint density at radius 2 is 1.81 bits per heavy atom. The predicted octanol–water partition coefficient (Wildman–Crippen LogP) is 3.85. The molecule has 0 bridgehead atoms. The summed E-state index contributed by atoms with van der Waals surface area (Å²) in [4.78, 5) is 29.3. The first-order chi connectivity index (χ1) is 12.5. The van der Waals surface area contributed by atoms with Gasteiger partial charge in [-0.05, 0) is 57.2 Å². The van der Waals surface area contributed by atoms with Crippen molar-refractivity contribution in [3.05, 3.63) is 70.9 Å². The third kappa shape index (κ3) is 3.72. The Hall–Kier alpha value is -3.21. The maximum atomic E-state index is 12.9. The molecule has 0 unspecified atom stereocenters. The second kappa shape index (κ2) is 7.35. The summed E-state index contributed by atoms with van der Waals surface area (Å²) in [5.74, 6) is -0.386. The maximum Gasteiger partial charge on any atom is 0.256 e. The van der Waals surface area contributed by atoms with E-state index in [0.29, 0.717) is 23.4 Å². The Labute approximate surface area is 152 Å². The van der Waals surface area contributed by atoms with E-state index in [1.807, 2.05) is 39.0 Å². The molecule has 0 aliphatic rings. The smallest absolute Gasteiger partial charge is 0.256 e. The number of aromatic nitrogens is 1. The maximum absolute atomic E-state index is 12.9. The number of rotatable bonds is 4. The fraction of sp³-hybridized carbons (Fsp3) is 0.190. The van der Waals surface area contributed by atoms with E-state index >= 15 is 0 Å². The highest BCUT2D eigenvalue weighted by atomic mass is 16.2. The van der Waals surface area contributed by atoms with Crippen LogP contribution in [0.2, 0.25) is 0 Å². The Balaban J connectivity index is 1.94. The summed E-state index contributed by atoms with van der Waals surface area (Å²) < 4.78 is 0. The molecule has 0 radical (unpaired) electrons. The lowest BCUT2D eigenvalue weighted by Gasteiger charge is -2.11. The Morgan fingerprint density at radius 1 is 1.00 bits per heavy atom. The molecule has 26 heavy (non-hydrogen) atoms. The lowest BCUT2D eigenvalue weighted by molar-refractivity contribution is 0.0954. The molecule has 5 heteroatoms. The van der Waals surface area contributed by atoms with E-state index in [2.05, 4.69) is 15.6 Å². The molecule has 0 atom stereocenters. The van der Waals surface area contributed by atoms with Gasteiger partial charge in [0.15, 0.2) is 0 Å². The summed E-state index contributed by atoms with van der Waals surface area (Å²) in [7, 11) is 0. The van der Waals surface area contributed by atoms with Crippen LogP contribution in [0.1, 0.15) is 38.9 Å². The zero-order valence-corrected chi connectivity index (χ0v) is 15.1. The van der Waals surface area contributed by atoms with Gasteiger partial charge >= 0.3 is 0 Å². The molecule has 5 nitrogen and oxygen atoms in total. The van der Waals surface area contributed by atoms with E-state index < -0.39 is 0 Å². The number of amides is 2. The van der Waals surface area contributed by atoms with Crippen molar-refractivity contribution in [1.82, 2.24) is 10.3 Å². The van der Waals surface area contributed by atoms with E-state index in [9.17, 15) is 9.59 Å². The van der Waals surface area contributed by atoms with Gasteiger partial charge < -0.3 is 10.6 Å². The summed E-state index contributed by atoms with van der Waals surface area (Å²) in [6, 6.07) is 14.5. The minimum absolute atomic E-state index is 0.163. The average molecular weight is 347 g/mol. The number of hydrogen-bond donors (Lipinski definition) is 2. The van der Waals surface area contributed by atoms with E-state index in [1.54, 1.807) is 30.3 Å². The third-order valence-electron chi connectivity index (χ3n) is 4.06. The largest absolute Gasteiger partial charge is 0.352 e. The van der Waals surface area contributed by atoms with Crippen molar-refractivity contribution in [2.45, 2.75) is 20.8 Å². The van der Waals surface area contributed by atoms with Gasteiger partial charge in [0.1, 0.15) is 0 Å². The van der Waals surface area contributed by atoms with Crippen LogP contribution in [0, 0.1) is 13.8 Å². The van der Waals surface area contributed by atoms with Gasteiger partial charge in [-0.1, -0.05) is 17.7 Å². The molecule has 1 aromatic heterocycles. The minimum Gasteiger partial charge on any atom is -0.352 e. The lowest BCUT2D eigenvalue weighted by atomic mass is 10.0. The zero-order chi connectivity index (χ0) is 18.7. The Morgan fingerprint density at radius 3 is 2.58 bits per heavy atom. The Kier molecular flexibility index (Phi) is 4.98. The van der Waals surface area contributed by atoms with Gasteiger partial charge in [0.2, 0.25) is 0 Å². The van der Waals surface area contributed by atoms with Crippen LogP contribution < -0.4 is 10.6 Å². The molecule has 0 saturated carbocycles. The van der Waals surface area contributed by atoms with Crippen molar-refractivity contribution in [1.29, 1.82) is 0 Å². The fourth-order valence-corrected chi connectivity index (χ4v) is 2.86. The number of carbonyl (C=O) groups excluding carboxylic acids is 2. The summed E-state index contributed by atoms with van der Waals surface area (Å²) in [5.41, 5.74) is 4.29. The quantitative estimate of drug-likeness (QED) is 0.753. The summed E-state index contributed by atoms with van der Waals surface area (Å²) in [6.45, 7) is 6.27. The monoisotopic (exact) mass is 347 g/mol. The average Bonchev–Trinajstić information content (AvgIpc) is 2.62. The van der Waals surface area contributed by atoms with Gasteiger partial charge in [0.25, 0.3) is 11.8 Å². The zero-order valence-electron chi connectivity index (χ0n) is 15.1. The van der Waals surface area contributed by atoms with E-state index in [1.165, 1.54) is 0 Å². The molecular weight excluding hydrogens is 326 g/mol. The lowest BCUT2D eigenvalue weighted by Crippen LogP contribution is -2.22. The second-order valence-electron chi connectivity index (χ2n) is 6.23. The van der Waals surface area contributed by atoms with Crippen molar-refractivity contribution in [3.8, 4) is 0 Å². The van der Waals surface area contributed by atoms with E-state index in [4.69, 9.17) is 0 Å². The van der Waals surface area contributed by atoms with Crippen molar-refractivity contribution in [2.24, 2.45) is 0 Å². The van der Waals surface area contributed by atoms with E-state index in [-0.39, 0.29) is 11.8 Å². The van der Waals surface area contributed by atoms with Crippen molar-refractivity contribution >= 4 is 28.4 Å². The van der Waals surface area contributed by atoms with Crippen molar-refractivity contribution < 1.29 is 9.59 Å². The summed E-state index contributed by atoms with van der Waals surface area (Å²) in [6.07, 6.45) is 0. The van der Waals surface area contributed by atoms with Crippen LogP contribution in [-0.4, -0.2) is 23.3 Å². The van der Waals surface area contributed by atoms with E-state index in [0.717, 1.165) is 22.2 Å². The summed E-state index contributed by atoms with van der Waals surface area (Å²) >= 11 is 0. The molecule has 3 aromatic rings. The highest BCUT2D eigenvalue weighted by Gasteiger charge is 2.13. The highest BCUT2D eigenvalue weighted by molar-refractivity contribution is 6.12. The molecule has 2 amide bonds. The Bertz CT molecular complexity index is 996. The minimum atomic E-state index is -0.223. The predicted molar refractivity (Wildman–Crippen MR) is 104 cm³/mol. The molecule has 2 aromatic carbocycles. The van der Waals surface area contributed by atoms with Crippen LogP contribution in [0.4, 0.5) is 5.69 Å². The van der Waals surface area contributed by atoms with Gasteiger partial charge in [-0.3, -0.25) is 14.6 Å². The number of nitrogens with zero attached hydrogens (tertiary/aromatic N) is 1. The number of pyridine rings is 1. The standard InChI is InChI=1S/C21H21N3O2/c1-4-22-20(25)15-6-5-7-16(12-15)24-21(26)18-11-14(3)23-19-9-8-13(2)10-17(18)19/h5-12H,4H2,1-3H3,(H,22,25)(H,24,26). The molecular formula is C21H21N3O2. The first-order valence-corrected chi connectivity index (χ1v) is 8.55. The number of hydrogen-bond acceptors (Lipinski definition) is 3. The molecule has 2 N–H and O–H groups in total.